The van der Waals surface area contributed by atoms with Crippen molar-refractivity contribution in [1.29, 1.82) is 0 Å². The average Bonchev–Trinajstić information content (AvgIpc) is 3.26. The molecule has 0 aromatic heterocycles. The monoisotopic (exact) mass is 282 g/mol. The van der Waals surface area contributed by atoms with E-state index in [9.17, 15) is 9.59 Å². The predicted octanol–water partition coefficient (Wildman–Crippen LogP) is 3.35. The quantitative estimate of drug-likeness (QED) is 0.552. The Hall–Kier alpha value is -1.23. The van der Waals surface area contributed by atoms with Crippen molar-refractivity contribution in [2.75, 3.05) is 0 Å². The molecule has 104 valence electrons. The molecule has 0 spiro atoms. The summed E-state index contributed by atoms with van der Waals surface area (Å²) in [7, 11) is 0. The van der Waals surface area contributed by atoms with Gasteiger partial charge < -0.3 is 8.37 Å². The van der Waals surface area contributed by atoms with E-state index in [0.29, 0.717) is 12.3 Å². The summed E-state index contributed by atoms with van der Waals surface area (Å²) in [5.74, 6) is -0.668. The van der Waals surface area contributed by atoms with Gasteiger partial charge in [-0.1, -0.05) is 24.3 Å². The van der Waals surface area contributed by atoms with Gasteiger partial charge in [-0.05, 0) is 39.5 Å². The molecule has 2 aliphatic carbocycles. The molecular weight excluding hydrogens is 264 g/mol. The molecule has 0 aliphatic heterocycles. The first-order valence-electron chi connectivity index (χ1n) is 6.46. The van der Waals surface area contributed by atoms with Gasteiger partial charge in [0.05, 0.1) is 10.8 Å². The topological polar surface area (TPSA) is 52.6 Å². The van der Waals surface area contributed by atoms with Crippen LogP contribution < -0.4 is 0 Å². The highest BCUT2D eigenvalue weighted by Crippen LogP contribution is 2.50. The normalized spacial score (nSPS) is 22.4. The van der Waals surface area contributed by atoms with Crippen LogP contribution in [0.5, 0.6) is 0 Å². The zero-order chi connectivity index (χ0) is 13.9. The van der Waals surface area contributed by atoms with E-state index in [1.807, 2.05) is 38.2 Å². The first kappa shape index (κ1) is 14.2. The number of rotatable bonds is 6. The lowest BCUT2D eigenvalue weighted by Gasteiger charge is -2.10. The van der Waals surface area contributed by atoms with Gasteiger partial charge in [-0.3, -0.25) is 9.59 Å². The number of hydrogen-bond acceptors (Lipinski definition) is 5. The van der Waals surface area contributed by atoms with Crippen molar-refractivity contribution in [3.8, 4) is 0 Å². The molecule has 2 saturated carbocycles. The second kappa shape index (κ2) is 5.41. The molecule has 2 fully saturated rings. The van der Waals surface area contributed by atoms with Crippen LogP contribution in [0.15, 0.2) is 24.3 Å². The average molecular weight is 282 g/mol. The molecule has 19 heavy (non-hydrogen) atoms. The molecule has 0 amide bonds. The lowest BCUT2D eigenvalue weighted by Crippen LogP contribution is -2.17. The molecule has 0 unspecified atom stereocenters. The lowest BCUT2D eigenvalue weighted by molar-refractivity contribution is -0.140. The molecule has 4 nitrogen and oxygen atoms in total. The van der Waals surface area contributed by atoms with E-state index in [1.165, 1.54) is 0 Å². The number of allylic oxidation sites excluding steroid dienone is 2. The summed E-state index contributed by atoms with van der Waals surface area (Å²) in [5, 5.41) is 0. The van der Waals surface area contributed by atoms with Crippen LogP contribution in [0.1, 0.15) is 39.5 Å². The van der Waals surface area contributed by atoms with Gasteiger partial charge in [-0.2, -0.15) is 0 Å². The van der Waals surface area contributed by atoms with Gasteiger partial charge in [0.25, 0.3) is 12.3 Å². The third-order valence-electron chi connectivity index (χ3n) is 3.58. The summed E-state index contributed by atoms with van der Waals surface area (Å²) in [6, 6.07) is 0. The van der Waals surface area contributed by atoms with Crippen molar-refractivity contribution < 1.29 is 18.0 Å². The summed E-state index contributed by atoms with van der Waals surface area (Å²) in [6.45, 7) is 3.74. The Balaban J connectivity index is 1.75. The predicted molar refractivity (Wildman–Crippen MR) is 72.7 cm³/mol. The molecule has 0 saturated heterocycles. The molecule has 2 aliphatic rings. The van der Waals surface area contributed by atoms with Crippen LogP contribution in [0.25, 0.3) is 0 Å². The van der Waals surface area contributed by atoms with Crippen LogP contribution in [-0.4, -0.2) is 11.9 Å². The summed E-state index contributed by atoms with van der Waals surface area (Å²) < 4.78 is 9.91. The second-order valence-electron chi connectivity index (χ2n) is 5.12. The van der Waals surface area contributed by atoms with Gasteiger partial charge in [0.2, 0.25) is 0 Å². The zero-order valence-electron chi connectivity index (χ0n) is 11.2. The Morgan fingerprint density at radius 3 is 1.53 bits per heavy atom. The van der Waals surface area contributed by atoms with Gasteiger partial charge in [0, 0.05) is 0 Å². The minimum atomic E-state index is -0.477. The molecule has 2 rings (SSSR count). The maximum atomic E-state index is 11.8. The SMILES string of the molecule is CC=CC1(C(=O)OSOC(=O)C2(C=CC)CC2)CC1. The van der Waals surface area contributed by atoms with Crippen LogP contribution in [0.2, 0.25) is 0 Å². The molecule has 0 heterocycles. The highest BCUT2D eigenvalue weighted by atomic mass is 32.2. The molecule has 0 radical (unpaired) electrons. The van der Waals surface area contributed by atoms with Gasteiger partial charge in [-0.25, -0.2) is 0 Å². The Kier molecular flexibility index (Phi) is 4.04. The van der Waals surface area contributed by atoms with Crippen molar-refractivity contribution in [2.45, 2.75) is 39.5 Å². The summed E-state index contributed by atoms with van der Waals surface area (Å²) in [6.07, 6.45) is 10.6. The molecule has 0 aromatic rings. The Morgan fingerprint density at radius 1 is 0.895 bits per heavy atom. The summed E-state index contributed by atoms with van der Waals surface area (Å²) >= 11 is 0.488. The fraction of sp³-hybridized carbons (Fsp3) is 0.571. The van der Waals surface area contributed by atoms with Crippen molar-refractivity contribution in [3.63, 3.8) is 0 Å². The molecule has 0 aromatic carbocycles. The number of hydrogen-bond donors (Lipinski definition) is 0. The first-order chi connectivity index (χ1) is 9.08. The van der Waals surface area contributed by atoms with E-state index in [1.54, 1.807) is 0 Å². The summed E-state index contributed by atoms with van der Waals surface area (Å²) in [4.78, 5) is 23.6. The standard InChI is InChI=1S/C14H18O4S/c1-3-5-13(7-8-13)11(15)17-19-18-12(16)14(6-4-2)9-10-14/h3-6H,7-10H2,1-2H3. The highest BCUT2D eigenvalue weighted by molar-refractivity contribution is 7.90. The minimum absolute atomic E-state index is 0.334. The van der Waals surface area contributed by atoms with E-state index >= 15 is 0 Å². The van der Waals surface area contributed by atoms with E-state index in [-0.39, 0.29) is 11.9 Å². The van der Waals surface area contributed by atoms with Crippen LogP contribution in [0.4, 0.5) is 0 Å². The van der Waals surface area contributed by atoms with Gasteiger partial charge in [-0.15, -0.1) is 0 Å². The molecular formula is C14H18O4S. The van der Waals surface area contributed by atoms with Crippen LogP contribution in [-0.2, 0) is 18.0 Å². The number of carbonyl (C=O) groups is 2. The number of carbonyl (C=O) groups excluding carboxylic acids is 2. The molecule has 0 bridgehead atoms. The van der Waals surface area contributed by atoms with Crippen molar-refractivity contribution in [1.82, 2.24) is 0 Å². The third kappa shape index (κ3) is 3.03. The van der Waals surface area contributed by atoms with Crippen LogP contribution in [0.3, 0.4) is 0 Å². The van der Waals surface area contributed by atoms with Gasteiger partial charge >= 0.3 is 11.9 Å². The minimum Gasteiger partial charge on any atom is -0.354 e. The molecule has 0 N–H and O–H groups in total. The lowest BCUT2D eigenvalue weighted by atomic mass is 10.1. The van der Waals surface area contributed by atoms with Crippen LogP contribution in [0, 0.1) is 10.8 Å². The zero-order valence-corrected chi connectivity index (χ0v) is 12.0. The van der Waals surface area contributed by atoms with E-state index in [0.717, 1.165) is 25.7 Å². The smallest absolute Gasteiger partial charge is 0.330 e. The molecule has 5 heteroatoms. The largest absolute Gasteiger partial charge is 0.354 e. The van der Waals surface area contributed by atoms with Gasteiger partial charge in [0.15, 0.2) is 0 Å². The highest BCUT2D eigenvalue weighted by Gasteiger charge is 2.51. The van der Waals surface area contributed by atoms with Crippen molar-refractivity contribution in [3.05, 3.63) is 24.3 Å². The van der Waals surface area contributed by atoms with E-state index in [4.69, 9.17) is 8.37 Å². The van der Waals surface area contributed by atoms with Gasteiger partial charge in [0.1, 0.15) is 0 Å². The fourth-order valence-corrected chi connectivity index (χ4v) is 2.52. The van der Waals surface area contributed by atoms with E-state index < -0.39 is 10.8 Å². The molecule has 0 atom stereocenters. The van der Waals surface area contributed by atoms with Crippen molar-refractivity contribution in [2.24, 2.45) is 10.8 Å². The van der Waals surface area contributed by atoms with E-state index in [2.05, 4.69) is 0 Å². The second-order valence-corrected chi connectivity index (χ2v) is 5.59. The maximum Gasteiger partial charge on any atom is 0.330 e. The third-order valence-corrected chi connectivity index (χ3v) is 4.02. The van der Waals surface area contributed by atoms with Crippen LogP contribution >= 0.6 is 12.3 Å². The Morgan fingerprint density at radius 2 is 1.26 bits per heavy atom. The van der Waals surface area contributed by atoms with Crippen molar-refractivity contribution >= 4 is 24.3 Å². The maximum absolute atomic E-state index is 11.8. The fourth-order valence-electron chi connectivity index (χ4n) is 2.03. The Bertz CT molecular complexity index is 391. The first-order valence-corrected chi connectivity index (χ1v) is 7.13. The summed E-state index contributed by atoms with van der Waals surface area (Å²) in [5.41, 5.74) is -0.955. The Labute approximate surface area is 117 Å².